The predicted octanol–water partition coefficient (Wildman–Crippen LogP) is 3.20. The molecule has 0 atom stereocenters. The molecule has 0 bridgehead atoms. The molecular formula is C20H21N7O2. The summed E-state index contributed by atoms with van der Waals surface area (Å²) in [6.07, 6.45) is 3.17. The Morgan fingerprint density at radius 3 is 2.76 bits per heavy atom. The standard InChI is InChI=1S/C20H21N7O2/c1-5-21-19(28)15-9-27-17(12(15)3)18(22-10-23-27)24-16-8-14(7-6-11(16)2)20-26-25-13(4)29-20/h6-10H,5H2,1-4H3,(H,21,28)(H,22,23,24). The molecule has 0 saturated carbocycles. The number of anilines is 2. The largest absolute Gasteiger partial charge is 0.421 e. The molecule has 0 aliphatic heterocycles. The van der Waals surface area contributed by atoms with Crippen molar-refractivity contribution in [3.63, 3.8) is 0 Å². The number of aryl methyl sites for hydroxylation is 3. The fourth-order valence-electron chi connectivity index (χ4n) is 3.17. The molecule has 0 aliphatic rings. The Kier molecular flexibility index (Phi) is 4.71. The van der Waals surface area contributed by atoms with Crippen LogP contribution in [0, 0.1) is 20.8 Å². The van der Waals surface area contributed by atoms with E-state index in [0.29, 0.717) is 29.7 Å². The second-order valence-corrected chi connectivity index (χ2v) is 6.71. The van der Waals surface area contributed by atoms with Gasteiger partial charge in [-0.2, -0.15) is 5.10 Å². The third kappa shape index (κ3) is 3.42. The predicted molar refractivity (Wildman–Crippen MR) is 108 cm³/mol. The number of nitrogens with one attached hydrogen (secondary N) is 2. The molecule has 148 valence electrons. The molecular weight excluding hydrogens is 370 g/mol. The third-order valence-electron chi connectivity index (χ3n) is 4.67. The Morgan fingerprint density at radius 2 is 2.03 bits per heavy atom. The van der Waals surface area contributed by atoms with Gasteiger partial charge in [-0.25, -0.2) is 9.50 Å². The van der Waals surface area contributed by atoms with E-state index in [-0.39, 0.29) is 5.91 Å². The van der Waals surface area contributed by atoms with Crippen LogP contribution >= 0.6 is 0 Å². The first-order valence-corrected chi connectivity index (χ1v) is 9.27. The fourth-order valence-corrected chi connectivity index (χ4v) is 3.17. The number of benzene rings is 1. The van der Waals surface area contributed by atoms with E-state index < -0.39 is 0 Å². The van der Waals surface area contributed by atoms with Crippen LogP contribution in [0.15, 0.2) is 35.1 Å². The van der Waals surface area contributed by atoms with E-state index in [0.717, 1.165) is 27.9 Å². The summed E-state index contributed by atoms with van der Waals surface area (Å²) in [7, 11) is 0. The van der Waals surface area contributed by atoms with Crippen LogP contribution in [0.4, 0.5) is 11.5 Å². The summed E-state index contributed by atoms with van der Waals surface area (Å²) in [6, 6.07) is 5.84. The van der Waals surface area contributed by atoms with E-state index in [9.17, 15) is 4.79 Å². The minimum Gasteiger partial charge on any atom is -0.421 e. The first kappa shape index (κ1) is 18.6. The van der Waals surface area contributed by atoms with E-state index in [2.05, 4.69) is 30.9 Å². The van der Waals surface area contributed by atoms with Crippen LogP contribution in [0.1, 0.15) is 34.3 Å². The number of fused-ring (bicyclic) bond motifs is 1. The minimum atomic E-state index is -0.133. The van der Waals surface area contributed by atoms with Crippen molar-refractivity contribution < 1.29 is 9.21 Å². The Hall–Kier alpha value is -3.75. The molecule has 0 radical (unpaired) electrons. The average molecular weight is 391 g/mol. The van der Waals surface area contributed by atoms with Crippen LogP contribution in [-0.4, -0.2) is 37.2 Å². The molecule has 1 amide bonds. The topological polar surface area (TPSA) is 110 Å². The highest BCUT2D eigenvalue weighted by Gasteiger charge is 2.18. The van der Waals surface area contributed by atoms with Crippen molar-refractivity contribution in [3.8, 4) is 11.5 Å². The lowest BCUT2D eigenvalue weighted by atomic mass is 10.1. The van der Waals surface area contributed by atoms with Crippen molar-refractivity contribution in [3.05, 3.63) is 53.3 Å². The molecule has 2 N–H and O–H groups in total. The van der Waals surface area contributed by atoms with Gasteiger partial charge in [0.1, 0.15) is 11.8 Å². The first-order chi connectivity index (χ1) is 14.0. The smallest absolute Gasteiger partial charge is 0.253 e. The Morgan fingerprint density at radius 1 is 1.21 bits per heavy atom. The van der Waals surface area contributed by atoms with Crippen LogP contribution in [0.25, 0.3) is 17.0 Å². The van der Waals surface area contributed by atoms with Gasteiger partial charge in [0.15, 0.2) is 5.82 Å². The monoisotopic (exact) mass is 391 g/mol. The second kappa shape index (κ2) is 7.34. The van der Waals surface area contributed by atoms with Gasteiger partial charge in [-0.3, -0.25) is 4.79 Å². The van der Waals surface area contributed by atoms with Gasteiger partial charge in [-0.1, -0.05) is 6.07 Å². The number of hydrogen-bond donors (Lipinski definition) is 2. The molecule has 1 aromatic carbocycles. The van der Waals surface area contributed by atoms with Crippen molar-refractivity contribution in [2.75, 3.05) is 11.9 Å². The van der Waals surface area contributed by atoms with Crippen LogP contribution < -0.4 is 10.6 Å². The summed E-state index contributed by atoms with van der Waals surface area (Å²) in [4.78, 5) is 16.7. The maximum Gasteiger partial charge on any atom is 0.253 e. The lowest BCUT2D eigenvalue weighted by Gasteiger charge is -2.11. The van der Waals surface area contributed by atoms with Crippen molar-refractivity contribution in [1.82, 2.24) is 30.1 Å². The van der Waals surface area contributed by atoms with E-state index >= 15 is 0 Å². The summed E-state index contributed by atoms with van der Waals surface area (Å²) in [5.74, 6) is 1.44. The molecule has 4 aromatic rings. The minimum absolute atomic E-state index is 0.133. The molecule has 0 saturated heterocycles. The normalized spacial score (nSPS) is 11.0. The highest BCUT2D eigenvalue weighted by molar-refractivity contribution is 5.99. The molecule has 3 aromatic heterocycles. The van der Waals surface area contributed by atoms with Crippen LogP contribution in [0.2, 0.25) is 0 Å². The van der Waals surface area contributed by atoms with Gasteiger partial charge in [-0.15, -0.1) is 10.2 Å². The van der Waals surface area contributed by atoms with Crippen molar-refractivity contribution in [2.45, 2.75) is 27.7 Å². The number of carbonyl (C=O) groups excluding carboxylic acids is 1. The zero-order valence-electron chi connectivity index (χ0n) is 16.6. The lowest BCUT2D eigenvalue weighted by Crippen LogP contribution is -2.22. The Balaban J connectivity index is 1.76. The summed E-state index contributed by atoms with van der Waals surface area (Å²) < 4.78 is 7.19. The molecule has 4 rings (SSSR count). The molecule has 3 heterocycles. The van der Waals surface area contributed by atoms with Gasteiger partial charge < -0.3 is 15.1 Å². The SMILES string of the molecule is CCNC(=O)c1cn2ncnc(Nc3cc(-c4nnc(C)o4)ccc3C)c2c1C. The number of carbonyl (C=O) groups is 1. The molecule has 0 unspecified atom stereocenters. The summed E-state index contributed by atoms with van der Waals surface area (Å²) in [5.41, 5.74) is 4.79. The van der Waals surface area contributed by atoms with Crippen LogP contribution in [0.5, 0.6) is 0 Å². The van der Waals surface area contributed by atoms with E-state index in [1.807, 2.05) is 39.0 Å². The lowest BCUT2D eigenvalue weighted by molar-refractivity contribution is 0.0955. The molecule has 0 spiro atoms. The molecule has 0 aliphatic carbocycles. The zero-order chi connectivity index (χ0) is 20.5. The van der Waals surface area contributed by atoms with Crippen LogP contribution in [-0.2, 0) is 0 Å². The molecule has 29 heavy (non-hydrogen) atoms. The Bertz CT molecular complexity index is 1210. The maximum atomic E-state index is 12.3. The third-order valence-corrected chi connectivity index (χ3v) is 4.67. The van der Waals surface area contributed by atoms with Gasteiger partial charge >= 0.3 is 0 Å². The maximum absolute atomic E-state index is 12.3. The average Bonchev–Trinajstić information content (AvgIpc) is 3.28. The summed E-state index contributed by atoms with van der Waals surface area (Å²) >= 11 is 0. The Labute approximate surface area is 167 Å². The van der Waals surface area contributed by atoms with E-state index in [4.69, 9.17) is 4.42 Å². The summed E-state index contributed by atoms with van der Waals surface area (Å²) in [6.45, 7) is 8.08. The zero-order valence-corrected chi connectivity index (χ0v) is 16.6. The van der Waals surface area contributed by atoms with Crippen LogP contribution in [0.3, 0.4) is 0 Å². The summed E-state index contributed by atoms with van der Waals surface area (Å²) in [5, 5.41) is 18.4. The highest BCUT2D eigenvalue weighted by atomic mass is 16.4. The van der Waals surface area contributed by atoms with Crippen molar-refractivity contribution in [2.24, 2.45) is 0 Å². The molecule has 9 nitrogen and oxygen atoms in total. The number of amides is 1. The number of nitrogens with zero attached hydrogens (tertiary/aromatic N) is 5. The molecule has 9 heteroatoms. The van der Waals surface area contributed by atoms with Gasteiger partial charge in [-0.05, 0) is 44.0 Å². The first-order valence-electron chi connectivity index (χ1n) is 9.27. The fraction of sp³-hybridized carbons (Fsp3) is 0.250. The second-order valence-electron chi connectivity index (χ2n) is 6.71. The van der Waals surface area contributed by atoms with Gasteiger partial charge in [0.05, 0.1) is 5.56 Å². The highest BCUT2D eigenvalue weighted by Crippen LogP contribution is 2.29. The van der Waals surface area contributed by atoms with Gasteiger partial charge in [0.2, 0.25) is 11.8 Å². The van der Waals surface area contributed by atoms with Gasteiger partial charge in [0, 0.05) is 30.9 Å². The van der Waals surface area contributed by atoms with Gasteiger partial charge in [0.25, 0.3) is 5.91 Å². The number of aromatic nitrogens is 5. The molecule has 0 fully saturated rings. The van der Waals surface area contributed by atoms with Crippen molar-refractivity contribution in [1.29, 1.82) is 0 Å². The van der Waals surface area contributed by atoms with E-state index in [1.165, 1.54) is 6.33 Å². The number of hydrogen-bond acceptors (Lipinski definition) is 7. The van der Waals surface area contributed by atoms with E-state index in [1.54, 1.807) is 17.6 Å². The van der Waals surface area contributed by atoms with Crippen molar-refractivity contribution >= 4 is 22.9 Å². The number of rotatable bonds is 5. The quantitative estimate of drug-likeness (QED) is 0.537.